The summed E-state index contributed by atoms with van der Waals surface area (Å²) in [5, 5.41) is 12.9. The summed E-state index contributed by atoms with van der Waals surface area (Å²) in [7, 11) is 0. The van der Waals surface area contributed by atoms with Gasteiger partial charge < -0.3 is 0 Å². The number of hydrogen-bond acceptors (Lipinski definition) is 4. The van der Waals surface area contributed by atoms with Crippen LogP contribution >= 0.6 is 11.3 Å². The van der Waals surface area contributed by atoms with E-state index in [9.17, 15) is 4.79 Å². The SMILES string of the molecule is Cc1c(-c2ccccc2)n[nH]c1C(=O)NN=Cc1cccs1. The molecule has 0 fully saturated rings. The van der Waals surface area contributed by atoms with E-state index in [2.05, 4.69) is 20.7 Å². The van der Waals surface area contributed by atoms with Crippen LogP contribution in [0.4, 0.5) is 0 Å². The first-order chi connectivity index (χ1) is 10.8. The third kappa shape index (κ3) is 2.96. The van der Waals surface area contributed by atoms with Crippen LogP contribution in [0.5, 0.6) is 0 Å². The van der Waals surface area contributed by atoms with Crippen molar-refractivity contribution in [3.63, 3.8) is 0 Å². The van der Waals surface area contributed by atoms with Gasteiger partial charge in [0.1, 0.15) is 5.69 Å². The van der Waals surface area contributed by atoms with Crippen LogP contribution in [-0.4, -0.2) is 22.3 Å². The van der Waals surface area contributed by atoms with Gasteiger partial charge in [0.05, 0.1) is 11.9 Å². The number of hydrogen-bond donors (Lipinski definition) is 2. The molecule has 0 atom stereocenters. The predicted octanol–water partition coefficient (Wildman–Crippen LogP) is 3.21. The fraction of sp³-hybridized carbons (Fsp3) is 0.0625. The van der Waals surface area contributed by atoms with E-state index in [0.29, 0.717) is 5.69 Å². The highest BCUT2D eigenvalue weighted by Crippen LogP contribution is 2.22. The van der Waals surface area contributed by atoms with E-state index in [1.807, 2.05) is 54.8 Å². The summed E-state index contributed by atoms with van der Waals surface area (Å²) in [5.74, 6) is -0.306. The molecule has 2 aromatic heterocycles. The number of aromatic amines is 1. The molecular weight excluding hydrogens is 296 g/mol. The molecule has 110 valence electrons. The molecular formula is C16H14N4OS. The lowest BCUT2D eigenvalue weighted by Gasteiger charge is -1.99. The number of thiophene rings is 1. The number of hydrazone groups is 1. The van der Waals surface area contributed by atoms with Crippen molar-refractivity contribution in [3.05, 3.63) is 64.0 Å². The minimum atomic E-state index is -0.306. The van der Waals surface area contributed by atoms with Crippen molar-refractivity contribution in [1.29, 1.82) is 0 Å². The molecule has 0 aliphatic heterocycles. The Morgan fingerprint density at radius 1 is 1.27 bits per heavy atom. The van der Waals surface area contributed by atoms with Crippen molar-refractivity contribution in [2.75, 3.05) is 0 Å². The Morgan fingerprint density at radius 2 is 2.09 bits per heavy atom. The lowest BCUT2D eigenvalue weighted by atomic mass is 10.1. The first-order valence-electron chi connectivity index (χ1n) is 6.73. The van der Waals surface area contributed by atoms with Gasteiger partial charge in [-0.05, 0) is 18.4 Å². The van der Waals surface area contributed by atoms with Crippen molar-refractivity contribution >= 4 is 23.5 Å². The normalized spacial score (nSPS) is 11.0. The van der Waals surface area contributed by atoms with E-state index >= 15 is 0 Å². The third-order valence-electron chi connectivity index (χ3n) is 3.19. The molecule has 5 nitrogen and oxygen atoms in total. The topological polar surface area (TPSA) is 70.1 Å². The van der Waals surface area contributed by atoms with Crippen LogP contribution in [0.3, 0.4) is 0 Å². The summed E-state index contributed by atoms with van der Waals surface area (Å²) in [6.07, 6.45) is 1.62. The van der Waals surface area contributed by atoms with E-state index in [0.717, 1.165) is 21.7 Å². The first kappa shape index (κ1) is 14.2. The molecule has 0 radical (unpaired) electrons. The highest BCUT2D eigenvalue weighted by atomic mass is 32.1. The zero-order valence-corrected chi connectivity index (χ0v) is 12.7. The van der Waals surface area contributed by atoms with Crippen molar-refractivity contribution in [2.24, 2.45) is 5.10 Å². The number of benzene rings is 1. The van der Waals surface area contributed by atoms with Crippen LogP contribution in [0.25, 0.3) is 11.3 Å². The molecule has 2 heterocycles. The van der Waals surface area contributed by atoms with E-state index < -0.39 is 0 Å². The molecule has 0 spiro atoms. The molecule has 1 aromatic carbocycles. The lowest BCUT2D eigenvalue weighted by Crippen LogP contribution is -2.19. The molecule has 22 heavy (non-hydrogen) atoms. The number of carbonyl (C=O) groups is 1. The molecule has 0 saturated carbocycles. The summed E-state index contributed by atoms with van der Waals surface area (Å²) in [5.41, 5.74) is 5.47. The molecule has 3 aromatic rings. The Labute approximate surface area is 131 Å². The Bertz CT molecular complexity index is 791. The molecule has 0 aliphatic carbocycles. The van der Waals surface area contributed by atoms with Crippen LogP contribution in [0, 0.1) is 6.92 Å². The highest BCUT2D eigenvalue weighted by molar-refractivity contribution is 7.11. The maximum Gasteiger partial charge on any atom is 0.289 e. The van der Waals surface area contributed by atoms with Crippen molar-refractivity contribution in [3.8, 4) is 11.3 Å². The van der Waals surface area contributed by atoms with E-state index in [1.165, 1.54) is 0 Å². The van der Waals surface area contributed by atoms with Gasteiger partial charge in [-0.25, -0.2) is 5.43 Å². The predicted molar refractivity (Wildman–Crippen MR) is 88.1 cm³/mol. The Morgan fingerprint density at radius 3 is 2.82 bits per heavy atom. The summed E-state index contributed by atoms with van der Waals surface area (Å²) in [6.45, 7) is 1.86. The van der Waals surface area contributed by atoms with Crippen LogP contribution < -0.4 is 5.43 Å². The van der Waals surface area contributed by atoms with Gasteiger partial charge >= 0.3 is 0 Å². The van der Waals surface area contributed by atoms with Gasteiger partial charge in [0.25, 0.3) is 5.91 Å². The number of rotatable bonds is 4. The number of nitrogens with one attached hydrogen (secondary N) is 2. The van der Waals surface area contributed by atoms with Crippen molar-refractivity contribution < 1.29 is 4.79 Å². The lowest BCUT2D eigenvalue weighted by molar-refractivity contribution is 0.0949. The monoisotopic (exact) mass is 310 g/mol. The molecule has 0 saturated heterocycles. The van der Waals surface area contributed by atoms with Gasteiger partial charge in [-0.15, -0.1) is 11.3 Å². The molecule has 0 aliphatic rings. The Balaban J connectivity index is 1.75. The summed E-state index contributed by atoms with van der Waals surface area (Å²) < 4.78 is 0. The van der Waals surface area contributed by atoms with Crippen molar-refractivity contribution in [2.45, 2.75) is 6.92 Å². The second kappa shape index (κ2) is 6.36. The second-order valence-corrected chi connectivity index (χ2v) is 5.63. The van der Waals surface area contributed by atoms with Gasteiger partial charge in [0.15, 0.2) is 0 Å². The van der Waals surface area contributed by atoms with Crippen LogP contribution in [0.15, 0.2) is 52.9 Å². The van der Waals surface area contributed by atoms with Crippen LogP contribution in [0.2, 0.25) is 0 Å². The van der Waals surface area contributed by atoms with Crippen LogP contribution in [-0.2, 0) is 0 Å². The second-order valence-electron chi connectivity index (χ2n) is 4.65. The maximum atomic E-state index is 12.1. The minimum absolute atomic E-state index is 0.306. The maximum absolute atomic E-state index is 12.1. The molecule has 1 amide bonds. The fourth-order valence-corrected chi connectivity index (χ4v) is 2.66. The number of carbonyl (C=O) groups excluding carboxylic acids is 1. The van der Waals surface area contributed by atoms with E-state index in [4.69, 9.17) is 0 Å². The quantitative estimate of drug-likeness (QED) is 0.574. The fourth-order valence-electron chi connectivity index (χ4n) is 2.07. The number of amides is 1. The first-order valence-corrected chi connectivity index (χ1v) is 7.61. The molecule has 2 N–H and O–H groups in total. The Hall–Kier alpha value is -2.73. The zero-order valence-electron chi connectivity index (χ0n) is 11.9. The van der Waals surface area contributed by atoms with E-state index in [-0.39, 0.29) is 5.91 Å². The number of aromatic nitrogens is 2. The highest BCUT2D eigenvalue weighted by Gasteiger charge is 2.16. The zero-order chi connectivity index (χ0) is 15.4. The van der Waals surface area contributed by atoms with Gasteiger partial charge in [0.2, 0.25) is 0 Å². The molecule has 6 heteroatoms. The summed E-state index contributed by atoms with van der Waals surface area (Å²) >= 11 is 1.55. The van der Waals surface area contributed by atoms with Gasteiger partial charge in [-0.2, -0.15) is 10.2 Å². The standard InChI is InChI=1S/C16H14N4OS/c1-11-14(12-6-3-2-4-7-12)18-19-15(11)16(21)20-17-10-13-8-5-9-22-13/h2-10H,1H3,(H,18,19)(H,20,21). The summed E-state index contributed by atoms with van der Waals surface area (Å²) in [4.78, 5) is 13.1. The van der Waals surface area contributed by atoms with E-state index in [1.54, 1.807) is 17.6 Å². The molecule has 0 bridgehead atoms. The van der Waals surface area contributed by atoms with Gasteiger partial charge in [0, 0.05) is 16.0 Å². The molecule has 0 unspecified atom stereocenters. The average molecular weight is 310 g/mol. The van der Waals surface area contributed by atoms with Gasteiger partial charge in [-0.3, -0.25) is 9.89 Å². The minimum Gasteiger partial charge on any atom is -0.272 e. The summed E-state index contributed by atoms with van der Waals surface area (Å²) in [6, 6.07) is 13.6. The smallest absolute Gasteiger partial charge is 0.272 e. The molecule has 3 rings (SSSR count). The average Bonchev–Trinajstić information content (AvgIpc) is 3.18. The number of nitrogens with zero attached hydrogens (tertiary/aromatic N) is 2. The Kier molecular flexibility index (Phi) is 4.11. The third-order valence-corrected chi connectivity index (χ3v) is 3.99. The van der Waals surface area contributed by atoms with Gasteiger partial charge in [-0.1, -0.05) is 36.4 Å². The number of H-pyrrole nitrogens is 1. The largest absolute Gasteiger partial charge is 0.289 e. The van der Waals surface area contributed by atoms with Crippen molar-refractivity contribution in [1.82, 2.24) is 15.6 Å². The van der Waals surface area contributed by atoms with Crippen LogP contribution in [0.1, 0.15) is 20.9 Å².